The van der Waals surface area contributed by atoms with E-state index in [9.17, 15) is 4.79 Å². The number of carbonyl (C=O) groups is 1. The number of likely N-dealkylation sites (N-methyl/N-ethyl adjacent to an activating group) is 1. The van der Waals surface area contributed by atoms with Crippen molar-refractivity contribution >= 4 is 5.91 Å². The summed E-state index contributed by atoms with van der Waals surface area (Å²) in [5.41, 5.74) is 0. The molecule has 1 atom stereocenters. The second-order valence-electron chi connectivity index (χ2n) is 4.55. The van der Waals surface area contributed by atoms with Gasteiger partial charge in [0, 0.05) is 13.6 Å². The van der Waals surface area contributed by atoms with E-state index in [0.717, 1.165) is 32.4 Å². The second kappa shape index (κ2) is 7.44. The predicted octanol–water partition coefficient (Wildman–Crippen LogP) is 1.94. The lowest BCUT2D eigenvalue weighted by atomic mass is 10.1. The summed E-state index contributed by atoms with van der Waals surface area (Å²) in [6, 6.07) is 0.0521. The zero-order valence-electron chi connectivity index (χ0n) is 10.4. The van der Waals surface area contributed by atoms with Crippen LogP contribution in [-0.4, -0.2) is 37.0 Å². The van der Waals surface area contributed by atoms with Crippen molar-refractivity contribution in [1.29, 1.82) is 0 Å². The van der Waals surface area contributed by atoms with Crippen LogP contribution in [0.25, 0.3) is 0 Å². The van der Waals surface area contributed by atoms with Crippen LogP contribution in [0.2, 0.25) is 0 Å². The number of carbonyl (C=O) groups excluding carboxylic acids is 1. The molecule has 0 aromatic heterocycles. The average Bonchev–Trinajstić information content (AvgIpc) is 2.56. The maximum Gasteiger partial charge on any atom is 0.239 e. The number of unbranched alkanes of at least 4 members (excludes halogenated alkanes) is 1. The largest absolute Gasteiger partial charge is 0.344 e. The van der Waals surface area contributed by atoms with E-state index in [1.165, 1.54) is 19.3 Å². The fraction of sp³-hybridized carbons (Fsp3) is 0.769. The Morgan fingerprint density at radius 3 is 3.06 bits per heavy atom. The lowest BCUT2D eigenvalue weighted by molar-refractivity contribution is -0.132. The van der Waals surface area contributed by atoms with E-state index in [-0.39, 0.29) is 11.9 Å². The lowest BCUT2D eigenvalue weighted by Crippen LogP contribution is -2.44. The van der Waals surface area contributed by atoms with Crippen LogP contribution < -0.4 is 5.32 Å². The average molecular weight is 224 g/mol. The van der Waals surface area contributed by atoms with Crippen LogP contribution in [0.4, 0.5) is 0 Å². The third-order valence-corrected chi connectivity index (χ3v) is 3.14. The highest BCUT2D eigenvalue weighted by Gasteiger charge is 2.22. The van der Waals surface area contributed by atoms with Crippen LogP contribution in [0.1, 0.15) is 38.5 Å². The van der Waals surface area contributed by atoms with Crippen LogP contribution >= 0.6 is 0 Å². The maximum absolute atomic E-state index is 12.1. The van der Waals surface area contributed by atoms with E-state index >= 15 is 0 Å². The lowest BCUT2D eigenvalue weighted by Gasteiger charge is -2.23. The molecule has 1 fully saturated rings. The van der Waals surface area contributed by atoms with Crippen LogP contribution in [0, 0.1) is 0 Å². The van der Waals surface area contributed by atoms with Crippen LogP contribution in [0.15, 0.2) is 12.7 Å². The molecule has 3 heteroatoms. The number of nitrogens with zero attached hydrogens (tertiary/aromatic N) is 1. The van der Waals surface area contributed by atoms with Gasteiger partial charge in [0.1, 0.15) is 0 Å². The van der Waals surface area contributed by atoms with E-state index in [1.807, 2.05) is 18.0 Å². The first-order chi connectivity index (χ1) is 7.75. The minimum atomic E-state index is 0.0521. The highest BCUT2D eigenvalue weighted by atomic mass is 16.2. The Balaban J connectivity index is 2.32. The van der Waals surface area contributed by atoms with E-state index in [2.05, 4.69) is 11.9 Å². The highest BCUT2D eigenvalue weighted by Crippen LogP contribution is 2.10. The van der Waals surface area contributed by atoms with Crippen molar-refractivity contribution < 1.29 is 4.79 Å². The Labute approximate surface area is 98.9 Å². The van der Waals surface area contributed by atoms with Gasteiger partial charge in [0.2, 0.25) is 5.91 Å². The Morgan fingerprint density at radius 2 is 2.31 bits per heavy atom. The van der Waals surface area contributed by atoms with E-state index in [1.54, 1.807) is 0 Å². The molecule has 1 heterocycles. The topological polar surface area (TPSA) is 32.3 Å². The molecular formula is C13H24N2O. The summed E-state index contributed by atoms with van der Waals surface area (Å²) in [6.45, 7) is 5.51. The number of allylic oxidation sites excluding steroid dienone is 1. The Bertz CT molecular complexity index is 220. The van der Waals surface area contributed by atoms with Crippen molar-refractivity contribution in [3.63, 3.8) is 0 Å². The highest BCUT2D eigenvalue weighted by molar-refractivity contribution is 5.81. The van der Waals surface area contributed by atoms with Gasteiger partial charge in [-0.15, -0.1) is 6.58 Å². The number of rotatable bonds is 5. The van der Waals surface area contributed by atoms with Crippen molar-refractivity contribution in [2.24, 2.45) is 0 Å². The molecule has 0 saturated carbocycles. The molecule has 0 bridgehead atoms. The molecule has 16 heavy (non-hydrogen) atoms. The van der Waals surface area contributed by atoms with E-state index in [0.29, 0.717) is 0 Å². The van der Waals surface area contributed by atoms with Crippen molar-refractivity contribution in [3.05, 3.63) is 12.7 Å². The summed E-state index contributed by atoms with van der Waals surface area (Å²) in [6.07, 6.45) is 8.51. The third-order valence-electron chi connectivity index (χ3n) is 3.14. The minimum absolute atomic E-state index is 0.0521. The SMILES string of the molecule is C=CCCCN(C)C(=O)C1CCCCCN1. The quantitative estimate of drug-likeness (QED) is 0.572. The molecule has 0 aromatic carbocycles. The molecular weight excluding hydrogens is 200 g/mol. The van der Waals surface area contributed by atoms with Crippen LogP contribution in [0.5, 0.6) is 0 Å². The summed E-state index contributed by atoms with van der Waals surface area (Å²) >= 11 is 0. The Morgan fingerprint density at radius 1 is 1.50 bits per heavy atom. The van der Waals surface area contributed by atoms with E-state index in [4.69, 9.17) is 0 Å². The molecule has 1 amide bonds. The van der Waals surface area contributed by atoms with Gasteiger partial charge >= 0.3 is 0 Å². The molecule has 0 spiro atoms. The van der Waals surface area contributed by atoms with Gasteiger partial charge in [-0.25, -0.2) is 0 Å². The van der Waals surface area contributed by atoms with Crippen LogP contribution in [-0.2, 0) is 4.79 Å². The predicted molar refractivity (Wildman–Crippen MR) is 67.3 cm³/mol. The molecule has 1 aliphatic rings. The molecule has 1 N–H and O–H groups in total. The van der Waals surface area contributed by atoms with Crippen molar-refractivity contribution in [3.8, 4) is 0 Å². The summed E-state index contributed by atoms with van der Waals surface area (Å²) in [7, 11) is 1.90. The smallest absolute Gasteiger partial charge is 0.239 e. The van der Waals surface area contributed by atoms with Crippen molar-refractivity contribution in [2.45, 2.75) is 44.6 Å². The van der Waals surface area contributed by atoms with Gasteiger partial charge in [-0.2, -0.15) is 0 Å². The zero-order chi connectivity index (χ0) is 11.8. The minimum Gasteiger partial charge on any atom is -0.344 e. The van der Waals surface area contributed by atoms with Crippen LogP contribution in [0.3, 0.4) is 0 Å². The molecule has 0 aliphatic carbocycles. The van der Waals surface area contributed by atoms with Crippen molar-refractivity contribution in [1.82, 2.24) is 10.2 Å². The van der Waals surface area contributed by atoms with E-state index < -0.39 is 0 Å². The van der Waals surface area contributed by atoms with Gasteiger partial charge in [-0.3, -0.25) is 4.79 Å². The van der Waals surface area contributed by atoms with Gasteiger partial charge in [-0.1, -0.05) is 18.9 Å². The van der Waals surface area contributed by atoms with Gasteiger partial charge < -0.3 is 10.2 Å². The Kier molecular flexibility index (Phi) is 6.16. The number of hydrogen-bond acceptors (Lipinski definition) is 2. The zero-order valence-corrected chi connectivity index (χ0v) is 10.4. The molecule has 0 radical (unpaired) electrons. The fourth-order valence-corrected chi connectivity index (χ4v) is 2.09. The maximum atomic E-state index is 12.1. The molecule has 0 aromatic rings. The standard InChI is InChI=1S/C13H24N2O/c1-3-4-8-11-15(2)13(16)12-9-6-5-7-10-14-12/h3,12,14H,1,4-11H2,2H3. The number of hydrogen-bond donors (Lipinski definition) is 1. The van der Waals surface area contributed by atoms with Gasteiger partial charge in [0.05, 0.1) is 6.04 Å². The Hall–Kier alpha value is -0.830. The molecule has 1 unspecified atom stereocenters. The summed E-state index contributed by atoms with van der Waals surface area (Å²) in [5, 5.41) is 3.34. The first-order valence-corrected chi connectivity index (χ1v) is 6.35. The molecule has 1 rings (SSSR count). The van der Waals surface area contributed by atoms with Crippen molar-refractivity contribution in [2.75, 3.05) is 20.1 Å². The van der Waals surface area contributed by atoms with Gasteiger partial charge in [0.15, 0.2) is 0 Å². The normalized spacial score (nSPS) is 21.2. The second-order valence-corrected chi connectivity index (χ2v) is 4.55. The summed E-state index contributed by atoms with van der Waals surface area (Å²) < 4.78 is 0. The molecule has 1 aliphatic heterocycles. The molecule has 92 valence electrons. The third kappa shape index (κ3) is 4.35. The van der Waals surface area contributed by atoms with Gasteiger partial charge in [-0.05, 0) is 32.2 Å². The summed E-state index contributed by atoms with van der Waals surface area (Å²) in [4.78, 5) is 13.9. The number of nitrogens with one attached hydrogen (secondary N) is 1. The molecule has 1 saturated heterocycles. The fourth-order valence-electron chi connectivity index (χ4n) is 2.09. The monoisotopic (exact) mass is 224 g/mol. The summed E-state index contributed by atoms with van der Waals surface area (Å²) in [5.74, 6) is 0.256. The van der Waals surface area contributed by atoms with Gasteiger partial charge in [0.25, 0.3) is 0 Å². The first-order valence-electron chi connectivity index (χ1n) is 6.35. The first kappa shape index (κ1) is 13.2. The number of amides is 1. The molecule has 3 nitrogen and oxygen atoms in total.